The zero-order valence-corrected chi connectivity index (χ0v) is 34.1. The molecule has 10 aromatic carbocycles. The van der Waals surface area contributed by atoms with Crippen LogP contribution < -0.4 is 4.90 Å². The molecule has 0 aliphatic carbocycles. The summed E-state index contributed by atoms with van der Waals surface area (Å²) in [7, 11) is 0. The molecule has 0 bridgehead atoms. The molecule has 2 nitrogen and oxygen atoms in total. The molecule has 0 saturated heterocycles. The molecule has 1 heterocycles. The molecule has 0 N–H and O–H groups in total. The Bertz CT molecular complexity index is 3140. The van der Waals surface area contributed by atoms with Crippen LogP contribution in [0, 0.1) is 0 Å². The van der Waals surface area contributed by atoms with E-state index in [-0.39, 0.29) is 0 Å². The lowest BCUT2D eigenvalue weighted by Gasteiger charge is -2.26. The molecule has 0 aliphatic rings. The number of aromatic nitrogens is 1. The van der Waals surface area contributed by atoms with Crippen LogP contribution in [0.15, 0.2) is 255 Å². The van der Waals surface area contributed by atoms with Gasteiger partial charge < -0.3 is 9.47 Å². The first-order chi connectivity index (χ1) is 30.8. The minimum atomic E-state index is 1.10. The summed E-state index contributed by atoms with van der Waals surface area (Å²) in [6.45, 7) is 0. The van der Waals surface area contributed by atoms with E-state index in [0.717, 1.165) is 28.3 Å². The molecule has 62 heavy (non-hydrogen) atoms. The lowest BCUT2D eigenvalue weighted by molar-refractivity contribution is 1.18. The van der Waals surface area contributed by atoms with Crippen LogP contribution >= 0.6 is 0 Å². The zero-order chi connectivity index (χ0) is 41.2. The number of benzene rings is 10. The van der Waals surface area contributed by atoms with Gasteiger partial charge in [-0.1, -0.05) is 200 Å². The van der Waals surface area contributed by atoms with Gasteiger partial charge in [-0.25, -0.2) is 0 Å². The largest absolute Gasteiger partial charge is 0.311 e. The fraction of sp³-hybridized carbons (Fsp3) is 0. The maximum absolute atomic E-state index is 2.44. The number of fused-ring (bicyclic) bond motifs is 3. The smallest absolute Gasteiger partial charge is 0.0546 e. The lowest BCUT2D eigenvalue weighted by atomic mass is 9.91. The highest BCUT2D eigenvalue weighted by atomic mass is 15.1. The van der Waals surface area contributed by atoms with Crippen molar-refractivity contribution < 1.29 is 0 Å². The third-order valence-corrected chi connectivity index (χ3v) is 12.0. The van der Waals surface area contributed by atoms with Crippen molar-refractivity contribution in [2.24, 2.45) is 0 Å². The first-order valence-corrected chi connectivity index (χ1v) is 21.3. The highest BCUT2D eigenvalue weighted by Gasteiger charge is 2.19. The van der Waals surface area contributed by atoms with Crippen LogP contribution in [0.3, 0.4) is 0 Å². The van der Waals surface area contributed by atoms with Gasteiger partial charge in [-0.3, -0.25) is 0 Å². The SMILES string of the molecule is c1ccc(-c2ccc(N(c3ccc(-c4ccccc4)cc3)c3ccc(-c4ccc(-c5c(-c6ccccc6)cccc5-n5c6ccccc6c6ccccc65)cc4)cc3)cc2)cc1. The van der Waals surface area contributed by atoms with E-state index in [1.165, 1.54) is 71.9 Å². The minimum absolute atomic E-state index is 1.10. The summed E-state index contributed by atoms with van der Waals surface area (Å²) in [5.74, 6) is 0. The van der Waals surface area contributed by atoms with Gasteiger partial charge in [0, 0.05) is 33.4 Å². The predicted octanol–water partition coefficient (Wildman–Crippen LogP) is 16.6. The third-order valence-electron chi connectivity index (χ3n) is 12.0. The molecule has 0 atom stereocenters. The Hall–Kier alpha value is -8.20. The molecule has 1 aromatic heterocycles. The molecule has 292 valence electrons. The highest BCUT2D eigenvalue weighted by Crippen LogP contribution is 2.42. The third kappa shape index (κ3) is 6.84. The number of hydrogen-bond donors (Lipinski definition) is 0. The van der Waals surface area contributed by atoms with E-state index in [2.05, 4.69) is 264 Å². The van der Waals surface area contributed by atoms with Crippen molar-refractivity contribution in [3.05, 3.63) is 255 Å². The molecular weight excluding hydrogens is 749 g/mol. The fourth-order valence-electron chi connectivity index (χ4n) is 9.02. The maximum atomic E-state index is 2.44. The van der Waals surface area contributed by atoms with E-state index in [9.17, 15) is 0 Å². The second-order valence-corrected chi connectivity index (χ2v) is 15.7. The predicted molar refractivity (Wildman–Crippen MR) is 263 cm³/mol. The summed E-state index contributed by atoms with van der Waals surface area (Å²) in [4.78, 5) is 2.34. The molecule has 11 rings (SSSR count). The molecule has 0 fully saturated rings. The Labute approximate surface area is 362 Å². The molecule has 0 saturated carbocycles. The van der Waals surface area contributed by atoms with E-state index in [4.69, 9.17) is 0 Å². The molecule has 0 aliphatic heterocycles. The molecule has 11 aromatic rings. The lowest BCUT2D eigenvalue weighted by Crippen LogP contribution is -2.09. The van der Waals surface area contributed by atoms with Gasteiger partial charge in [-0.2, -0.15) is 0 Å². The summed E-state index contributed by atoms with van der Waals surface area (Å²) >= 11 is 0. The summed E-state index contributed by atoms with van der Waals surface area (Å²) in [6, 6.07) is 91.9. The van der Waals surface area contributed by atoms with Crippen LogP contribution in [-0.4, -0.2) is 4.57 Å². The van der Waals surface area contributed by atoms with Gasteiger partial charge in [0.2, 0.25) is 0 Å². The standard InChI is InChI=1S/C60H42N2/c1-4-15-43(16-5-1)46-31-37-51(38-32-46)61(52-39-33-47(34-40-52)44-17-6-2-7-18-44)53-41-35-48(36-42-53)45-27-29-50(30-28-45)60-54(49-19-8-3-9-20-49)23-14-26-59(60)62-57-24-12-10-21-55(57)56-22-11-13-25-58(56)62/h1-42H. The molecule has 0 radical (unpaired) electrons. The van der Waals surface area contributed by atoms with Crippen molar-refractivity contribution in [1.82, 2.24) is 4.57 Å². The Morgan fingerprint density at radius 3 is 1.02 bits per heavy atom. The molecule has 2 heteroatoms. The van der Waals surface area contributed by atoms with Crippen molar-refractivity contribution in [3.8, 4) is 61.3 Å². The second-order valence-electron chi connectivity index (χ2n) is 15.7. The summed E-state index contributed by atoms with van der Waals surface area (Å²) in [5.41, 5.74) is 18.8. The van der Waals surface area contributed by atoms with Crippen LogP contribution in [0.25, 0.3) is 83.1 Å². The number of rotatable bonds is 9. The molecule has 0 unspecified atom stereocenters. The first kappa shape index (κ1) is 36.8. The van der Waals surface area contributed by atoms with E-state index in [1.54, 1.807) is 0 Å². The van der Waals surface area contributed by atoms with Crippen molar-refractivity contribution >= 4 is 38.9 Å². The van der Waals surface area contributed by atoms with Crippen molar-refractivity contribution in [2.45, 2.75) is 0 Å². The van der Waals surface area contributed by atoms with E-state index < -0.39 is 0 Å². The van der Waals surface area contributed by atoms with Gasteiger partial charge in [-0.05, 0) is 105 Å². The van der Waals surface area contributed by atoms with Gasteiger partial charge >= 0.3 is 0 Å². The van der Waals surface area contributed by atoms with E-state index in [0.29, 0.717) is 0 Å². The van der Waals surface area contributed by atoms with Crippen LogP contribution in [0.2, 0.25) is 0 Å². The summed E-state index contributed by atoms with van der Waals surface area (Å²) < 4.78 is 2.44. The quantitative estimate of drug-likeness (QED) is 0.141. The van der Waals surface area contributed by atoms with Gasteiger partial charge in [0.05, 0.1) is 16.7 Å². The average Bonchev–Trinajstić information content (AvgIpc) is 3.70. The Kier molecular flexibility index (Phi) is 9.57. The average molecular weight is 791 g/mol. The molecule has 0 spiro atoms. The van der Waals surface area contributed by atoms with Crippen LogP contribution in [0.4, 0.5) is 17.1 Å². The number of para-hydroxylation sites is 2. The minimum Gasteiger partial charge on any atom is -0.311 e. The van der Waals surface area contributed by atoms with Crippen LogP contribution in [0.5, 0.6) is 0 Å². The van der Waals surface area contributed by atoms with Crippen molar-refractivity contribution in [1.29, 1.82) is 0 Å². The number of hydrogen-bond acceptors (Lipinski definition) is 1. The highest BCUT2D eigenvalue weighted by molar-refractivity contribution is 6.10. The van der Waals surface area contributed by atoms with Gasteiger partial charge in [0.1, 0.15) is 0 Å². The van der Waals surface area contributed by atoms with E-state index in [1.807, 2.05) is 0 Å². The molecule has 0 amide bonds. The second kappa shape index (κ2) is 16.1. The van der Waals surface area contributed by atoms with Crippen LogP contribution in [0.1, 0.15) is 0 Å². The van der Waals surface area contributed by atoms with Crippen molar-refractivity contribution in [3.63, 3.8) is 0 Å². The number of anilines is 3. The zero-order valence-electron chi connectivity index (χ0n) is 34.1. The summed E-state index contributed by atoms with van der Waals surface area (Å²) in [6.07, 6.45) is 0. The maximum Gasteiger partial charge on any atom is 0.0546 e. The van der Waals surface area contributed by atoms with E-state index >= 15 is 0 Å². The number of nitrogens with zero attached hydrogens (tertiary/aromatic N) is 2. The molecular formula is C60H42N2. The topological polar surface area (TPSA) is 8.17 Å². The monoisotopic (exact) mass is 790 g/mol. The van der Waals surface area contributed by atoms with Crippen molar-refractivity contribution in [2.75, 3.05) is 4.90 Å². The van der Waals surface area contributed by atoms with Gasteiger partial charge in [0.15, 0.2) is 0 Å². The Morgan fingerprint density at radius 1 is 0.242 bits per heavy atom. The fourth-order valence-corrected chi connectivity index (χ4v) is 9.02. The normalized spacial score (nSPS) is 11.2. The Balaban J connectivity index is 0.970. The van der Waals surface area contributed by atoms with Gasteiger partial charge in [-0.15, -0.1) is 0 Å². The first-order valence-electron chi connectivity index (χ1n) is 21.3. The van der Waals surface area contributed by atoms with Gasteiger partial charge in [0.25, 0.3) is 0 Å². The Morgan fingerprint density at radius 2 is 0.581 bits per heavy atom. The summed E-state index contributed by atoms with van der Waals surface area (Å²) in [5, 5.41) is 2.51. The van der Waals surface area contributed by atoms with Crippen LogP contribution in [-0.2, 0) is 0 Å².